The largest absolute Gasteiger partial charge is 0.384 e. The third-order valence-electron chi connectivity index (χ3n) is 9.56. The molecule has 15 heteroatoms. The number of hydrogen-bond donors (Lipinski definition) is 2. The van der Waals surface area contributed by atoms with Gasteiger partial charge in [0.25, 0.3) is 18.2 Å². The summed E-state index contributed by atoms with van der Waals surface area (Å²) in [6.07, 6.45) is 2.74. The lowest BCUT2D eigenvalue weighted by Gasteiger charge is -2.62. The highest BCUT2D eigenvalue weighted by Gasteiger charge is 2.63. The van der Waals surface area contributed by atoms with Crippen LogP contribution in [0.5, 0.6) is 0 Å². The number of aliphatic hydroxyl groups is 1. The van der Waals surface area contributed by atoms with Gasteiger partial charge in [0.1, 0.15) is 5.60 Å². The average Bonchev–Trinajstić information content (AvgIpc) is 3.33. The summed E-state index contributed by atoms with van der Waals surface area (Å²) in [5, 5.41) is 21.3. The number of nitrogens with zero attached hydrogens (tertiary/aromatic N) is 7. The van der Waals surface area contributed by atoms with Crippen LogP contribution >= 0.6 is 0 Å². The van der Waals surface area contributed by atoms with Gasteiger partial charge in [-0.05, 0) is 50.8 Å². The second-order valence-corrected chi connectivity index (χ2v) is 13.0. The lowest BCUT2D eigenvalue weighted by Crippen LogP contribution is -2.70. The van der Waals surface area contributed by atoms with Crippen molar-refractivity contribution in [2.45, 2.75) is 56.2 Å². The Morgan fingerprint density at radius 1 is 1.16 bits per heavy atom. The fraction of sp³-hybridized carbons (Fsp3) is 0.467. The van der Waals surface area contributed by atoms with Crippen LogP contribution in [-0.4, -0.2) is 90.4 Å². The number of likely N-dealkylation sites (tertiary alicyclic amines) is 1. The molecule has 1 spiro atoms. The topological polar surface area (TPSA) is 142 Å². The van der Waals surface area contributed by atoms with E-state index in [0.29, 0.717) is 60.1 Å². The summed E-state index contributed by atoms with van der Waals surface area (Å²) in [6.45, 7) is 3.50. The fourth-order valence-corrected chi connectivity index (χ4v) is 6.81. The molecule has 234 valence electrons. The SMILES string of the molecule is Cc1ncc(-c2noc(C3CN(C(=O)C4(F)CC4)C3)n2)cc1NC(=O)c1cnn2ccc(N3CC4(C3)CC(O)(C(F)F)C4)cc12. The van der Waals surface area contributed by atoms with Crippen molar-refractivity contribution in [2.75, 3.05) is 36.4 Å². The lowest BCUT2D eigenvalue weighted by atomic mass is 9.55. The molecule has 2 saturated heterocycles. The van der Waals surface area contributed by atoms with Crippen molar-refractivity contribution in [3.8, 4) is 11.4 Å². The Hall–Kier alpha value is -4.53. The summed E-state index contributed by atoms with van der Waals surface area (Å²) < 4.78 is 47.3. The Bertz CT molecular complexity index is 1850. The Morgan fingerprint density at radius 3 is 2.62 bits per heavy atom. The van der Waals surface area contributed by atoms with Crippen LogP contribution in [0.15, 0.2) is 41.3 Å². The first-order valence-electron chi connectivity index (χ1n) is 14.8. The summed E-state index contributed by atoms with van der Waals surface area (Å²) in [5.41, 5.74) is -0.634. The normalized spacial score (nSPS) is 21.0. The Morgan fingerprint density at radius 2 is 1.91 bits per heavy atom. The molecule has 4 aromatic heterocycles. The zero-order valence-electron chi connectivity index (χ0n) is 24.2. The maximum atomic E-state index is 14.1. The zero-order valence-corrected chi connectivity index (χ0v) is 24.2. The number of carbonyl (C=O) groups is 2. The van der Waals surface area contributed by atoms with Gasteiger partial charge in [-0.25, -0.2) is 17.7 Å². The number of halogens is 3. The van der Waals surface area contributed by atoms with E-state index in [1.165, 1.54) is 11.1 Å². The molecule has 8 rings (SSSR count). The molecule has 2 aliphatic carbocycles. The van der Waals surface area contributed by atoms with Gasteiger partial charge in [-0.15, -0.1) is 0 Å². The zero-order chi connectivity index (χ0) is 31.3. The first-order chi connectivity index (χ1) is 21.4. The molecule has 2 saturated carbocycles. The molecule has 4 aliphatic rings. The quantitative estimate of drug-likeness (QED) is 0.317. The molecule has 0 aromatic carbocycles. The van der Waals surface area contributed by atoms with Crippen LogP contribution in [0.4, 0.5) is 24.5 Å². The van der Waals surface area contributed by atoms with E-state index in [9.17, 15) is 27.9 Å². The summed E-state index contributed by atoms with van der Waals surface area (Å²) in [5.74, 6) is -0.432. The van der Waals surface area contributed by atoms with Crippen LogP contribution in [0.25, 0.3) is 16.9 Å². The molecule has 4 aromatic rings. The van der Waals surface area contributed by atoms with Gasteiger partial charge in [-0.1, -0.05) is 5.16 Å². The van der Waals surface area contributed by atoms with Crippen molar-refractivity contribution >= 4 is 28.7 Å². The maximum Gasteiger partial charge on any atom is 0.266 e. The van der Waals surface area contributed by atoms with Gasteiger partial charge in [0, 0.05) is 55.2 Å². The molecule has 12 nitrogen and oxygen atoms in total. The standard InChI is InChI=1S/C30H29F3N8O4/c1-16-21(6-17(8-34-16)23-37-25(45-38-23)18-10-39(11-18)27(43)29(33)3-4-29)36-24(42)20-9-35-41-5-2-19(7-22(20)41)40-14-28(15-40)12-30(44,13-28)26(31)32/h2,5-9,18,26,44H,3-4,10-15H2,1H3,(H,36,42). The monoisotopic (exact) mass is 622 g/mol. The number of anilines is 2. The van der Waals surface area contributed by atoms with Crippen LogP contribution in [-0.2, 0) is 4.79 Å². The third kappa shape index (κ3) is 4.54. The molecule has 4 fully saturated rings. The van der Waals surface area contributed by atoms with Gasteiger partial charge in [0.2, 0.25) is 11.7 Å². The van der Waals surface area contributed by atoms with Crippen LogP contribution in [0.3, 0.4) is 0 Å². The van der Waals surface area contributed by atoms with Crippen LogP contribution in [0, 0.1) is 12.3 Å². The van der Waals surface area contributed by atoms with E-state index in [2.05, 4.69) is 25.5 Å². The highest BCUT2D eigenvalue weighted by Crippen LogP contribution is 2.57. The highest BCUT2D eigenvalue weighted by molar-refractivity contribution is 6.09. The molecule has 0 bridgehead atoms. The molecule has 2 aliphatic heterocycles. The third-order valence-corrected chi connectivity index (χ3v) is 9.56. The number of rotatable bonds is 7. The van der Waals surface area contributed by atoms with E-state index in [-0.39, 0.29) is 42.8 Å². The minimum atomic E-state index is -2.75. The molecule has 0 radical (unpaired) electrons. The number of aryl methyl sites for hydroxylation is 1. The van der Waals surface area contributed by atoms with Crippen LogP contribution < -0.4 is 10.2 Å². The molecular weight excluding hydrogens is 593 g/mol. The van der Waals surface area contributed by atoms with Gasteiger partial charge in [-0.2, -0.15) is 10.1 Å². The second-order valence-electron chi connectivity index (χ2n) is 13.0. The Balaban J connectivity index is 0.947. The van der Waals surface area contributed by atoms with Gasteiger partial charge < -0.3 is 24.7 Å². The lowest BCUT2D eigenvalue weighted by molar-refractivity contribution is -0.209. The van der Waals surface area contributed by atoms with Gasteiger partial charge in [0.05, 0.1) is 34.6 Å². The Kier molecular flexibility index (Phi) is 5.90. The van der Waals surface area contributed by atoms with E-state index in [4.69, 9.17) is 4.52 Å². The molecule has 2 N–H and O–H groups in total. The van der Waals surface area contributed by atoms with E-state index in [1.54, 1.807) is 29.9 Å². The predicted octanol–water partition coefficient (Wildman–Crippen LogP) is 3.36. The summed E-state index contributed by atoms with van der Waals surface area (Å²) in [6, 6.07) is 5.39. The number of aromatic nitrogens is 5. The van der Waals surface area contributed by atoms with E-state index >= 15 is 0 Å². The van der Waals surface area contributed by atoms with E-state index < -0.39 is 29.5 Å². The minimum Gasteiger partial charge on any atom is -0.384 e. The van der Waals surface area contributed by atoms with Crippen molar-refractivity contribution in [1.29, 1.82) is 0 Å². The molecule has 2 amide bonds. The van der Waals surface area contributed by atoms with E-state index in [1.807, 2.05) is 17.0 Å². The summed E-state index contributed by atoms with van der Waals surface area (Å²) in [7, 11) is 0. The van der Waals surface area contributed by atoms with Gasteiger partial charge >= 0.3 is 0 Å². The van der Waals surface area contributed by atoms with Crippen molar-refractivity contribution in [3.63, 3.8) is 0 Å². The van der Waals surface area contributed by atoms with Crippen molar-refractivity contribution in [3.05, 3.63) is 53.9 Å². The molecule has 6 heterocycles. The molecule has 0 unspecified atom stereocenters. The fourth-order valence-electron chi connectivity index (χ4n) is 6.81. The number of carbonyl (C=O) groups excluding carboxylic acids is 2. The molecule has 45 heavy (non-hydrogen) atoms. The Labute approximate surface area is 254 Å². The predicted molar refractivity (Wildman–Crippen MR) is 153 cm³/mol. The minimum absolute atomic E-state index is 0.0790. The average molecular weight is 623 g/mol. The summed E-state index contributed by atoms with van der Waals surface area (Å²) >= 11 is 0. The number of nitrogens with one attached hydrogen (secondary N) is 1. The van der Waals surface area contributed by atoms with Gasteiger partial charge in [-0.3, -0.25) is 14.6 Å². The number of fused-ring (bicyclic) bond motifs is 1. The highest BCUT2D eigenvalue weighted by atomic mass is 19.3. The number of amides is 2. The molecular formula is C30H29F3N8O4. The van der Waals surface area contributed by atoms with Gasteiger partial charge in [0.15, 0.2) is 5.67 Å². The van der Waals surface area contributed by atoms with Crippen molar-refractivity contribution in [2.24, 2.45) is 5.41 Å². The van der Waals surface area contributed by atoms with Crippen LogP contribution in [0.1, 0.15) is 53.5 Å². The van der Waals surface area contributed by atoms with Crippen molar-refractivity contribution < 1.29 is 32.4 Å². The second kappa shape index (κ2) is 9.49. The number of pyridine rings is 2. The van der Waals surface area contributed by atoms with Crippen LogP contribution in [0.2, 0.25) is 0 Å². The number of hydrogen-bond acceptors (Lipinski definition) is 9. The molecule has 0 atom stereocenters. The first kappa shape index (κ1) is 28.0. The first-order valence-corrected chi connectivity index (χ1v) is 14.8. The smallest absolute Gasteiger partial charge is 0.266 e. The van der Waals surface area contributed by atoms with E-state index in [0.717, 1.165) is 5.69 Å². The maximum absolute atomic E-state index is 14.1. The summed E-state index contributed by atoms with van der Waals surface area (Å²) in [4.78, 5) is 38.0. The van der Waals surface area contributed by atoms with Crippen molar-refractivity contribution in [1.82, 2.24) is 29.6 Å². The number of alkyl halides is 3.